The van der Waals surface area contributed by atoms with Crippen LogP contribution in [0.3, 0.4) is 0 Å². The molecule has 0 spiro atoms. The fourth-order valence-electron chi connectivity index (χ4n) is 2.43. The zero-order valence-electron chi connectivity index (χ0n) is 11.9. The summed E-state index contributed by atoms with van der Waals surface area (Å²) in [6, 6.07) is 11.1. The van der Waals surface area contributed by atoms with Gasteiger partial charge in [0.1, 0.15) is 12.0 Å². The summed E-state index contributed by atoms with van der Waals surface area (Å²) in [5.74, 6) is -0.176. The van der Waals surface area contributed by atoms with Crippen molar-refractivity contribution in [1.29, 1.82) is 0 Å². The van der Waals surface area contributed by atoms with E-state index < -0.39 is 5.91 Å². The van der Waals surface area contributed by atoms with Gasteiger partial charge in [-0.2, -0.15) is 0 Å². The maximum atomic E-state index is 11.6. The predicted molar refractivity (Wildman–Crippen MR) is 83.3 cm³/mol. The molecule has 0 fully saturated rings. The zero-order chi connectivity index (χ0) is 15.8. The highest BCUT2D eigenvalue weighted by Crippen LogP contribution is 2.25. The number of rotatable bonds is 3. The quantitative estimate of drug-likeness (QED) is 0.603. The van der Waals surface area contributed by atoms with E-state index in [1.54, 1.807) is 18.3 Å². The van der Waals surface area contributed by atoms with Crippen molar-refractivity contribution in [2.24, 2.45) is 5.73 Å². The number of benzene rings is 1. The van der Waals surface area contributed by atoms with E-state index in [1.165, 1.54) is 6.26 Å². The van der Waals surface area contributed by atoms with E-state index >= 15 is 0 Å². The van der Waals surface area contributed by atoms with E-state index in [9.17, 15) is 4.79 Å². The molecule has 0 saturated carbocycles. The number of H-pyrrole nitrogens is 1. The Hall–Kier alpha value is -3.48. The molecule has 7 nitrogen and oxygen atoms in total. The van der Waals surface area contributed by atoms with E-state index in [-0.39, 0.29) is 5.69 Å². The third kappa shape index (κ3) is 2.24. The minimum absolute atomic E-state index is 0.168. The van der Waals surface area contributed by atoms with Crippen LogP contribution in [0.2, 0.25) is 0 Å². The number of aromatic nitrogens is 4. The van der Waals surface area contributed by atoms with Gasteiger partial charge in [0.05, 0.1) is 11.0 Å². The van der Waals surface area contributed by atoms with Crippen LogP contribution in [-0.2, 0) is 0 Å². The molecule has 0 bridgehead atoms. The van der Waals surface area contributed by atoms with Gasteiger partial charge >= 0.3 is 0 Å². The molecule has 0 aliphatic carbocycles. The zero-order valence-corrected chi connectivity index (χ0v) is 11.9. The van der Waals surface area contributed by atoms with Gasteiger partial charge in [-0.15, -0.1) is 0 Å². The standard InChI is InChI=1S/C16H11N5O2/c17-15(22)14-13-12(4-6-18-13)19-16(20-14)10-3-1-2-9(8-10)11-5-7-23-21-11/h1-8,18H,(H2,17,22). The van der Waals surface area contributed by atoms with Crippen LogP contribution in [0.5, 0.6) is 0 Å². The van der Waals surface area contributed by atoms with Crippen LogP contribution in [0.15, 0.2) is 53.4 Å². The molecule has 0 saturated heterocycles. The van der Waals surface area contributed by atoms with Gasteiger partial charge in [-0.1, -0.05) is 23.4 Å². The van der Waals surface area contributed by atoms with Gasteiger partial charge in [-0.05, 0) is 12.1 Å². The van der Waals surface area contributed by atoms with Gasteiger partial charge < -0.3 is 15.2 Å². The number of aromatic amines is 1. The van der Waals surface area contributed by atoms with Crippen molar-refractivity contribution in [1.82, 2.24) is 20.1 Å². The van der Waals surface area contributed by atoms with Crippen molar-refractivity contribution in [3.8, 4) is 22.6 Å². The van der Waals surface area contributed by atoms with Gasteiger partial charge in [0, 0.05) is 23.4 Å². The minimum atomic E-state index is -0.603. The van der Waals surface area contributed by atoms with Crippen molar-refractivity contribution in [3.05, 3.63) is 54.6 Å². The Balaban J connectivity index is 1.89. The molecule has 4 rings (SSSR count). The Morgan fingerprint density at radius 3 is 2.78 bits per heavy atom. The first-order valence-electron chi connectivity index (χ1n) is 6.88. The fraction of sp³-hybridized carbons (Fsp3) is 0. The van der Waals surface area contributed by atoms with E-state index in [1.807, 2.05) is 24.3 Å². The van der Waals surface area contributed by atoms with Crippen LogP contribution in [0, 0.1) is 0 Å². The molecule has 4 aromatic rings. The number of nitrogens with zero attached hydrogens (tertiary/aromatic N) is 3. The van der Waals surface area contributed by atoms with Gasteiger partial charge in [0.25, 0.3) is 5.91 Å². The third-order valence-corrected chi connectivity index (χ3v) is 3.49. The first-order chi connectivity index (χ1) is 11.2. The van der Waals surface area contributed by atoms with Gasteiger partial charge in [-0.25, -0.2) is 9.97 Å². The number of amides is 1. The summed E-state index contributed by atoms with van der Waals surface area (Å²) >= 11 is 0. The molecular formula is C16H11N5O2. The Labute approximate surface area is 130 Å². The second-order valence-corrected chi connectivity index (χ2v) is 4.96. The topological polar surface area (TPSA) is 111 Å². The Kier molecular flexibility index (Phi) is 2.90. The van der Waals surface area contributed by atoms with Crippen LogP contribution in [0.4, 0.5) is 0 Å². The van der Waals surface area contributed by atoms with Gasteiger partial charge in [-0.3, -0.25) is 4.79 Å². The summed E-state index contributed by atoms with van der Waals surface area (Å²) in [6.07, 6.45) is 3.21. The average molecular weight is 305 g/mol. The minimum Gasteiger partial charge on any atom is -0.364 e. The molecule has 7 heteroatoms. The summed E-state index contributed by atoms with van der Waals surface area (Å²) in [4.78, 5) is 23.4. The number of nitrogens with two attached hydrogens (primary N) is 1. The number of hydrogen-bond acceptors (Lipinski definition) is 5. The summed E-state index contributed by atoms with van der Waals surface area (Å²) < 4.78 is 4.87. The molecule has 0 aliphatic heterocycles. The summed E-state index contributed by atoms with van der Waals surface area (Å²) in [7, 11) is 0. The van der Waals surface area contributed by atoms with E-state index in [0.717, 1.165) is 11.1 Å². The Bertz CT molecular complexity index is 1000. The van der Waals surface area contributed by atoms with Crippen LogP contribution in [-0.4, -0.2) is 26.0 Å². The SMILES string of the molecule is NC(=O)c1nc(-c2cccc(-c3ccon3)c2)nc2cc[nH]c12. The fourth-order valence-corrected chi connectivity index (χ4v) is 2.43. The largest absolute Gasteiger partial charge is 0.364 e. The Morgan fingerprint density at radius 2 is 2.00 bits per heavy atom. The maximum absolute atomic E-state index is 11.6. The highest BCUT2D eigenvalue weighted by molar-refractivity contribution is 6.02. The van der Waals surface area contributed by atoms with Crippen LogP contribution >= 0.6 is 0 Å². The molecule has 3 heterocycles. The lowest BCUT2D eigenvalue weighted by Crippen LogP contribution is -2.14. The normalized spacial score (nSPS) is 11.0. The predicted octanol–water partition coefficient (Wildman–Crippen LogP) is 2.38. The number of carbonyl (C=O) groups excluding carboxylic acids is 1. The molecule has 3 aromatic heterocycles. The van der Waals surface area contributed by atoms with Crippen LogP contribution in [0.1, 0.15) is 10.5 Å². The van der Waals surface area contributed by atoms with Crippen LogP contribution < -0.4 is 5.73 Å². The molecule has 23 heavy (non-hydrogen) atoms. The monoisotopic (exact) mass is 305 g/mol. The molecule has 3 N–H and O–H groups in total. The van der Waals surface area contributed by atoms with E-state index in [2.05, 4.69) is 20.1 Å². The van der Waals surface area contributed by atoms with Gasteiger partial charge in [0.2, 0.25) is 0 Å². The molecule has 1 amide bonds. The number of fused-ring (bicyclic) bond motifs is 1. The molecule has 112 valence electrons. The first kappa shape index (κ1) is 13.2. The van der Waals surface area contributed by atoms with E-state index in [0.29, 0.717) is 22.6 Å². The summed E-state index contributed by atoms with van der Waals surface area (Å²) in [5, 5.41) is 3.91. The van der Waals surface area contributed by atoms with Crippen LogP contribution in [0.25, 0.3) is 33.7 Å². The molecular weight excluding hydrogens is 294 g/mol. The lowest BCUT2D eigenvalue weighted by Gasteiger charge is -2.05. The van der Waals surface area contributed by atoms with Crippen molar-refractivity contribution in [3.63, 3.8) is 0 Å². The molecule has 0 atom stereocenters. The molecule has 0 aliphatic rings. The lowest BCUT2D eigenvalue weighted by atomic mass is 10.1. The summed E-state index contributed by atoms with van der Waals surface area (Å²) in [6.45, 7) is 0. The second-order valence-electron chi connectivity index (χ2n) is 4.96. The van der Waals surface area contributed by atoms with Gasteiger partial charge in [0.15, 0.2) is 11.5 Å². The highest BCUT2D eigenvalue weighted by Gasteiger charge is 2.14. The molecule has 0 unspecified atom stereocenters. The number of hydrogen-bond donors (Lipinski definition) is 2. The van der Waals surface area contributed by atoms with Crippen molar-refractivity contribution >= 4 is 16.9 Å². The number of nitrogens with one attached hydrogen (secondary N) is 1. The highest BCUT2D eigenvalue weighted by atomic mass is 16.5. The lowest BCUT2D eigenvalue weighted by molar-refractivity contribution is 0.0997. The second kappa shape index (κ2) is 5.06. The maximum Gasteiger partial charge on any atom is 0.269 e. The van der Waals surface area contributed by atoms with Crippen molar-refractivity contribution in [2.75, 3.05) is 0 Å². The number of carbonyl (C=O) groups is 1. The van der Waals surface area contributed by atoms with E-state index in [4.69, 9.17) is 10.3 Å². The summed E-state index contributed by atoms with van der Waals surface area (Å²) in [5.41, 5.74) is 9.10. The molecule has 1 aromatic carbocycles. The third-order valence-electron chi connectivity index (χ3n) is 3.49. The Morgan fingerprint density at radius 1 is 1.13 bits per heavy atom. The average Bonchev–Trinajstić information content (AvgIpc) is 3.25. The van der Waals surface area contributed by atoms with Crippen molar-refractivity contribution < 1.29 is 9.32 Å². The molecule has 0 radical (unpaired) electrons. The van der Waals surface area contributed by atoms with Crippen molar-refractivity contribution in [2.45, 2.75) is 0 Å². The first-order valence-corrected chi connectivity index (χ1v) is 6.88. The number of primary amides is 1. The smallest absolute Gasteiger partial charge is 0.269 e.